The molecular weight excluding hydrogens is 162 g/mol. The molecule has 13 heavy (non-hydrogen) atoms. The van der Waals surface area contributed by atoms with Gasteiger partial charge in [-0.15, -0.1) is 6.42 Å². The van der Waals surface area contributed by atoms with E-state index in [0.717, 1.165) is 0 Å². The molecule has 1 N–H and O–H groups in total. The zero-order valence-corrected chi connectivity index (χ0v) is 9.35. The Balaban J connectivity index is 4.50. The molecule has 0 radical (unpaired) electrons. The predicted octanol–water partition coefficient (Wildman–Crippen LogP) is 1.66. The number of hydrogen-bond acceptors (Lipinski definition) is 2. The summed E-state index contributed by atoms with van der Waals surface area (Å²) in [7, 11) is 1.86. The van der Waals surface area contributed by atoms with E-state index in [1.54, 1.807) is 0 Å². The van der Waals surface area contributed by atoms with Gasteiger partial charge in [-0.2, -0.15) is 0 Å². The number of terminal acetylenes is 1. The first-order valence-corrected chi connectivity index (χ1v) is 4.72. The molecule has 0 amide bonds. The molecule has 0 aliphatic heterocycles. The first-order chi connectivity index (χ1) is 5.97. The Bertz CT molecular complexity index is 176. The molecule has 0 fully saturated rings. The fourth-order valence-electron chi connectivity index (χ4n) is 1.35. The number of rotatable bonds is 4. The molecule has 0 aliphatic rings. The van der Waals surface area contributed by atoms with Crippen LogP contribution < -0.4 is 5.32 Å². The van der Waals surface area contributed by atoms with Gasteiger partial charge in [-0.1, -0.05) is 26.7 Å². The third kappa shape index (κ3) is 3.80. The first-order valence-electron chi connectivity index (χ1n) is 4.72. The van der Waals surface area contributed by atoms with E-state index in [1.807, 2.05) is 14.0 Å². The number of hydrogen-bond donors (Lipinski definition) is 1. The molecule has 0 aromatic rings. The van der Waals surface area contributed by atoms with Crippen molar-refractivity contribution >= 4 is 0 Å². The normalized spacial score (nSPS) is 16.3. The van der Waals surface area contributed by atoms with Gasteiger partial charge in [0.1, 0.15) is 0 Å². The summed E-state index contributed by atoms with van der Waals surface area (Å²) < 4.78 is 5.65. The zero-order chi connectivity index (χ0) is 10.5. The predicted molar refractivity (Wildman–Crippen MR) is 56.5 cm³/mol. The molecule has 2 atom stereocenters. The lowest BCUT2D eigenvalue weighted by molar-refractivity contribution is -0.0224. The SMILES string of the molecule is C#CC(NC)C(OCC)C(C)(C)C. The molecule has 0 heterocycles. The smallest absolute Gasteiger partial charge is 0.0955 e. The number of likely N-dealkylation sites (N-methyl/N-ethyl adjacent to an activating group) is 1. The Kier molecular flexibility index (Phi) is 5.05. The van der Waals surface area contributed by atoms with Crippen molar-refractivity contribution in [3.05, 3.63) is 0 Å². The maximum absolute atomic E-state index is 5.65. The summed E-state index contributed by atoms with van der Waals surface area (Å²) in [6, 6.07) is -0.0139. The van der Waals surface area contributed by atoms with Crippen LogP contribution in [0.2, 0.25) is 0 Å². The summed E-state index contributed by atoms with van der Waals surface area (Å²) in [5.41, 5.74) is 0.0655. The maximum Gasteiger partial charge on any atom is 0.0955 e. The van der Waals surface area contributed by atoms with Gasteiger partial charge in [0, 0.05) is 6.61 Å². The standard InChI is InChI=1S/C11H21NO/c1-7-9(12-6)10(13-8-2)11(3,4)5/h1,9-10,12H,8H2,2-6H3. The van der Waals surface area contributed by atoms with Crippen LogP contribution in [-0.4, -0.2) is 25.8 Å². The van der Waals surface area contributed by atoms with E-state index in [2.05, 4.69) is 32.0 Å². The number of nitrogens with one attached hydrogen (secondary N) is 1. The third-order valence-electron chi connectivity index (χ3n) is 1.99. The van der Waals surface area contributed by atoms with Crippen molar-refractivity contribution in [3.63, 3.8) is 0 Å². The van der Waals surface area contributed by atoms with Crippen molar-refractivity contribution in [3.8, 4) is 12.3 Å². The molecule has 76 valence electrons. The molecule has 2 nitrogen and oxygen atoms in total. The quantitative estimate of drug-likeness (QED) is 0.669. The lowest BCUT2D eigenvalue weighted by Gasteiger charge is -2.34. The minimum absolute atomic E-state index is 0.0139. The highest BCUT2D eigenvalue weighted by Crippen LogP contribution is 2.24. The van der Waals surface area contributed by atoms with Gasteiger partial charge < -0.3 is 10.1 Å². The highest BCUT2D eigenvalue weighted by molar-refractivity contribution is 5.05. The second-order valence-corrected chi connectivity index (χ2v) is 4.17. The van der Waals surface area contributed by atoms with Crippen LogP contribution in [-0.2, 0) is 4.74 Å². The highest BCUT2D eigenvalue weighted by atomic mass is 16.5. The summed E-state index contributed by atoms with van der Waals surface area (Å²) in [4.78, 5) is 0. The van der Waals surface area contributed by atoms with Crippen molar-refractivity contribution in [2.75, 3.05) is 13.7 Å². The van der Waals surface area contributed by atoms with Gasteiger partial charge in [0.15, 0.2) is 0 Å². The van der Waals surface area contributed by atoms with Crippen LogP contribution in [0.4, 0.5) is 0 Å². The summed E-state index contributed by atoms with van der Waals surface area (Å²) in [6.45, 7) is 9.09. The summed E-state index contributed by atoms with van der Waals surface area (Å²) >= 11 is 0. The molecule has 0 bridgehead atoms. The second kappa shape index (κ2) is 5.26. The van der Waals surface area contributed by atoms with Gasteiger partial charge >= 0.3 is 0 Å². The fourth-order valence-corrected chi connectivity index (χ4v) is 1.35. The Morgan fingerprint density at radius 1 is 1.46 bits per heavy atom. The van der Waals surface area contributed by atoms with Crippen LogP contribution in [0, 0.1) is 17.8 Å². The van der Waals surface area contributed by atoms with Crippen molar-refractivity contribution in [2.45, 2.75) is 39.8 Å². The molecule has 0 rings (SSSR count). The molecule has 0 aromatic heterocycles. The van der Waals surface area contributed by atoms with E-state index in [9.17, 15) is 0 Å². The topological polar surface area (TPSA) is 21.3 Å². The largest absolute Gasteiger partial charge is 0.375 e. The van der Waals surface area contributed by atoms with Crippen LogP contribution in [0.15, 0.2) is 0 Å². The van der Waals surface area contributed by atoms with Gasteiger partial charge in [-0.05, 0) is 19.4 Å². The van der Waals surface area contributed by atoms with Gasteiger partial charge in [0.2, 0.25) is 0 Å². The van der Waals surface area contributed by atoms with Crippen molar-refractivity contribution in [1.29, 1.82) is 0 Å². The molecule has 0 saturated heterocycles. The Morgan fingerprint density at radius 2 is 2.00 bits per heavy atom. The molecule has 0 saturated carbocycles. The third-order valence-corrected chi connectivity index (χ3v) is 1.99. The lowest BCUT2D eigenvalue weighted by Crippen LogP contribution is -2.46. The van der Waals surface area contributed by atoms with Gasteiger partial charge in [-0.3, -0.25) is 0 Å². The average molecular weight is 183 g/mol. The molecular formula is C11H21NO. The average Bonchev–Trinajstić information content (AvgIpc) is 2.03. The van der Waals surface area contributed by atoms with Crippen LogP contribution in [0.5, 0.6) is 0 Å². The highest BCUT2D eigenvalue weighted by Gasteiger charge is 2.30. The molecule has 0 aliphatic carbocycles. The van der Waals surface area contributed by atoms with E-state index in [4.69, 9.17) is 11.2 Å². The maximum atomic E-state index is 5.65. The van der Waals surface area contributed by atoms with E-state index in [-0.39, 0.29) is 17.6 Å². The van der Waals surface area contributed by atoms with Crippen LogP contribution >= 0.6 is 0 Å². The van der Waals surface area contributed by atoms with Crippen molar-refractivity contribution in [1.82, 2.24) is 5.32 Å². The van der Waals surface area contributed by atoms with E-state index in [1.165, 1.54) is 0 Å². The number of ether oxygens (including phenoxy) is 1. The Labute approximate surface area is 82.1 Å². The van der Waals surface area contributed by atoms with Gasteiger partial charge in [0.25, 0.3) is 0 Å². The fraction of sp³-hybridized carbons (Fsp3) is 0.818. The van der Waals surface area contributed by atoms with Gasteiger partial charge in [0.05, 0.1) is 12.1 Å². The van der Waals surface area contributed by atoms with Crippen LogP contribution in [0.3, 0.4) is 0 Å². The Morgan fingerprint density at radius 3 is 2.23 bits per heavy atom. The summed E-state index contributed by atoms with van der Waals surface area (Å²) in [6.07, 6.45) is 5.48. The van der Waals surface area contributed by atoms with Crippen LogP contribution in [0.25, 0.3) is 0 Å². The van der Waals surface area contributed by atoms with Gasteiger partial charge in [-0.25, -0.2) is 0 Å². The Hall–Kier alpha value is -0.520. The lowest BCUT2D eigenvalue weighted by atomic mass is 9.84. The second-order valence-electron chi connectivity index (χ2n) is 4.17. The summed E-state index contributed by atoms with van der Waals surface area (Å²) in [5.74, 6) is 2.71. The minimum atomic E-state index is -0.0139. The monoisotopic (exact) mass is 183 g/mol. The van der Waals surface area contributed by atoms with E-state index in [0.29, 0.717) is 6.61 Å². The molecule has 0 aromatic carbocycles. The first kappa shape index (κ1) is 12.5. The zero-order valence-electron chi connectivity index (χ0n) is 9.35. The molecule has 0 spiro atoms. The van der Waals surface area contributed by atoms with E-state index < -0.39 is 0 Å². The molecule has 2 unspecified atom stereocenters. The minimum Gasteiger partial charge on any atom is -0.375 e. The van der Waals surface area contributed by atoms with Crippen molar-refractivity contribution < 1.29 is 4.74 Å². The van der Waals surface area contributed by atoms with Crippen molar-refractivity contribution in [2.24, 2.45) is 5.41 Å². The van der Waals surface area contributed by atoms with Crippen LogP contribution in [0.1, 0.15) is 27.7 Å². The van der Waals surface area contributed by atoms with E-state index >= 15 is 0 Å². The molecule has 2 heteroatoms. The summed E-state index contributed by atoms with van der Waals surface area (Å²) in [5, 5.41) is 3.08.